The molecule has 0 aliphatic carbocycles. The number of aromatic nitrogens is 1. The van der Waals surface area contributed by atoms with Crippen LogP contribution in [0.1, 0.15) is 44.5 Å². The summed E-state index contributed by atoms with van der Waals surface area (Å²) in [6.45, 7) is 5.34. The Morgan fingerprint density at radius 2 is 1.70 bits per heavy atom. The average molecular weight is 420 g/mol. The molecule has 2 amide bonds. The molecule has 6 nitrogen and oxygen atoms in total. The van der Waals surface area contributed by atoms with Gasteiger partial charge in [-0.25, -0.2) is 9.78 Å². The highest BCUT2D eigenvalue weighted by molar-refractivity contribution is 7.13. The summed E-state index contributed by atoms with van der Waals surface area (Å²) in [4.78, 5) is 43.3. The number of thiazole rings is 1. The van der Waals surface area contributed by atoms with Gasteiger partial charge in [-0.3, -0.25) is 14.5 Å². The van der Waals surface area contributed by atoms with Crippen LogP contribution in [-0.2, 0) is 16.1 Å². The molecule has 1 atom stereocenters. The fraction of sp³-hybridized carbons (Fsp3) is 0.217. The molecule has 0 bridgehead atoms. The predicted octanol–water partition coefficient (Wildman–Crippen LogP) is 4.15. The first-order valence-corrected chi connectivity index (χ1v) is 10.4. The normalized spacial score (nSPS) is 14.0. The third-order valence-corrected chi connectivity index (χ3v) is 5.95. The van der Waals surface area contributed by atoms with Gasteiger partial charge in [0.15, 0.2) is 0 Å². The minimum absolute atomic E-state index is 0.0200. The van der Waals surface area contributed by atoms with Gasteiger partial charge in [-0.2, -0.15) is 0 Å². The van der Waals surface area contributed by atoms with E-state index < -0.39 is 23.8 Å². The highest BCUT2D eigenvalue weighted by atomic mass is 32.1. The lowest BCUT2D eigenvalue weighted by Crippen LogP contribution is -2.43. The van der Waals surface area contributed by atoms with E-state index in [-0.39, 0.29) is 6.61 Å². The van der Waals surface area contributed by atoms with Crippen LogP contribution in [-0.4, -0.2) is 33.7 Å². The van der Waals surface area contributed by atoms with Crippen molar-refractivity contribution in [3.63, 3.8) is 0 Å². The first kappa shape index (κ1) is 20.0. The van der Waals surface area contributed by atoms with E-state index >= 15 is 0 Å². The Hall–Kier alpha value is -3.32. The molecule has 2 aromatic carbocycles. The maximum atomic E-state index is 12.7. The zero-order chi connectivity index (χ0) is 21.4. The fourth-order valence-corrected chi connectivity index (χ4v) is 4.11. The maximum Gasteiger partial charge on any atom is 0.329 e. The number of carbonyl (C=O) groups is 3. The van der Waals surface area contributed by atoms with E-state index in [0.29, 0.717) is 16.8 Å². The summed E-state index contributed by atoms with van der Waals surface area (Å²) in [6, 6.07) is 12.0. The standard InChI is InChI=1S/C23H20N2O4S/c1-13-4-7-16(8-5-13)20-24-17(12-30-20)11-29-23(28)15(3)25-21(26)18-9-6-14(2)10-19(18)22(25)27/h4-10,12,15H,11H2,1-3H3. The SMILES string of the molecule is Cc1ccc(-c2nc(COC(=O)C(C)N3C(=O)c4ccc(C)cc4C3=O)cs2)cc1. The summed E-state index contributed by atoms with van der Waals surface area (Å²) in [7, 11) is 0. The van der Waals surface area contributed by atoms with E-state index in [9.17, 15) is 14.4 Å². The van der Waals surface area contributed by atoms with Gasteiger partial charge in [0.2, 0.25) is 0 Å². The quantitative estimate of drug-likeness (QED) is 0.458. The van der Waals surface area contributed by atoms with Gasteiger partial charge in [0.05, 0.1) is 16.8 Å². The molecule has 1 aromatic heterocycles. The van der Waals surface area contributed by atoms with E-state index in [4.69, 9.17) is 4.74 Å². The van der Waals surface area contributed by atoms with Crippen molar-refractivity contribution in [2.24, 2.45) is 0 Å². The number of carbonyl (C=O) groups excluding carboxylic acids is 3. The van der Waals surface area contributed by atoms with E-state index in [1.54, 1.807) is 18.2 Å². The maximum absolute atomic E-state index is 12.7. The van der Waals surface area contributed by atoms with Crippen LogP contribution in [0.4, 0.5) is 0 Å². The molecule has 0 spiro atoms. The second-order valence-electron chi connectivity index (χ2n) is 7.32. The summed E-state index contributed by atoms with van der Waals surface area (Å²) in [6.07, 6.45) is 0. The van der Waals surface area contributed by atoms with Gasteiger partial charge in [0.25, 0.3) is 11.8 Å². The first-order chi connectivity index (χ1) is 14.3. The third-order valence-electron chi connectivity index (χ3n) is 5.01. The molecule has 0 N–H and O–H groups in total. The second-order valence-corrected chi connectivity index (χ2v) is 8.18. The number of fused-ring (bicyclic) bond motifs is 1. The summed E-state index contributed by atoms with van der Waals surface area (Å²) in [5.41, 5.74) is 4.29. The monoisotopic (exact) mass is 420 g/mol. The molecule has 0 fully saturated rings. The van der Waals surface area contributed by atoms with E-state index in [0.717, 1.165) is 21.0 Å². The lowest BCUT2D eigenvalue weighted by Gasteiger charge is -2.20. The number of esters is 1. The van der Waals surface area contributed by atoms with Gasteiger partial charge in [-0.15, -0.1) is 11.3 Å². The van der Waals surface area contributed by atoms with Crippen molar-refractivity contribution in [2.75, 3.05) is 0 Å². The largest absolute Gasteiger partial charge is 0.458 e. The summed E-state index contributed by atoms with van der Waals surface area (Å²) in [5, 5.41) is 2.67. The number of benzene rings is 2. The molecule has 30 heavy (non-hydrogen) atoms. The molecule has 0 saturated heterocycles. The molecule has 1 unspecified atom stereocenters. The average Bonchev–Trinajstić information content (AvgIpc) is 3.29. The summed E-state index contributed by atoms with van der Waals surface area (Å²) < 4.78 is 5.35. The van der Waals surface area contributed by atoms with Crippen molar-refractivity contribution in [1.82, 2.24) is 9.88 Å². The van der Waals surface area contributed by atoms with Gasteiger partial charge in [-0.05, 0) is 32.9 Å². The molecule has 7 heteroatoms. The number of imide groups is 1. The Morgan fingerprint density at radius 1 is 1.03 bits per heavy atom. The number of amides is 2. The summed E-state index contributed by atoms with van der Waals surface area (Å²) >= 11 is 1.47. The highest BCUT2D eigenvalue weighted by Crippen LogP contribution is 2.27. The third kappa shape index (κ3) is 3.64. The predicted molar refractivity (Wildman–Crippen MR) is 113 cm³/mol. The van der Waals surface area contributed by atoms with Gasteiger partial charge < -0.3 is 4.74 Å². The van der Waals surface area contributed by atoms with Crippen molar-refractivity contribution in [3.05, 3.63) is 75.8 Å². The van der Waals surface area contributed by atoms with Gasteiger partial charge >= 0.3 is 5.97 Å². The molecule has 1 aliphatic heterocycles. The number of rotatable bonds is 5. The lowest BCUT2D eigenvalue weighted by atomic mass is 10.1. The number of ether oxygens (including phenoxy) is 1. The van der Waals surface area contributed by atoms with Crippen LogP contribution in [0.25, 0.3) is 10.6 Å². The van der Waals surface area contributed by atoms with Crippen LogP contribution in [0.2, 0.25) is 0 Å². The Labute approximate surface area is 178 Å². The van der Waals surface area contributed by atoms with E-state index in [1.807, 2.05) is 43.5 Å². The lowest BCUT2D eigenvalue weighted by molar-refractivity contribution is -0.149. The molecule has 0 saturated carbocycles. The van der Waals surface area contributed by atoms with Crippen molar-refractivity contribution in [3.8, 4) is 10.6 Å². The topological polar surface area (TPSA) is 76.6 Å². The zero-order valence-corrected chi connectivity index (χ0v) is 17.7. The number of hydrogen-bond donors (Lipinski definition) is 0. The number of aryl methyl sites for hydroxylation is 2. The Kier molecular flexibility index (Phi) is 5.22. The molecular weight excluding hydrogens is 400 g/mol. The van der Waals surface area contributed by atoms with Crippen LogP contribution in [0.15, 0.2) is 47.8 Å². The van der Waals surface area contributed by atoms with E-state index in [1.165, 1.54) is 23.8 Å². The zero-order valence-electron chi connectivity index (χ0n) is 16.8. The minimum atomic E-state index is -1.02. The van der Waals surface area contributed by atoms with Crippen molar-refractivity contribution < 1.29 is 19.1 Å². The van der Waals surface area contributed by atoms with Gasteiger partial charge in [-0.1, -0.05) is 41.5 Å². The van der Waals surface area contributed by atoms with Crippen LogP contribution in [0, 0.1) is 13.8 Å². The Morgan fingerprint density at radius 3 is 2.43 bits per heavy atom. The Balaban J connectivity index is 1.42. The molecule has 152 valence electrons. The minimum Gasteiger partial charge on any atom is -0.458 e. The number of nitrogens with zero attached hydrogens (tertiary/aromatic N) is 2. The molecule has 0 radical (unpaired) electrons. The Bertz CT molecular complexity index is 1150. The number of hydrogen-bond acceptors (Lipinski definition) is 6. The molecular formula is C23H20N2O4S. The van der Waals surface area contributed by atoms with Crippen LogP contribution >= 0.6 is 11.3 Å². The first-order valence-electron chi connectivity index (χ1n) is 9.52. The van der Waals surface area contributed by atoms with Crippen LogP contribution in [0.3, 0.4) is 0 Å². The smallest absolute Gasteiger partial charge is 0.329 e. The highest BCUT2D eigenvalue weighted by Gasteiger charge is 2.41. The summed E-state index contributed by atoms with van der Waals surface area (Å²) in [5.74, 6) is -1.60. The second kappa shape index (κ2) is 7.84. The van der Waals surface area contributed by atoms with Crippen molar-refractivity contribution in [2.45, 2.75) is 33.4 Å². The molecule has 4 rings (SSSR count). The van der Waals surface area contributed by atoms with Gasteiger partial charge in [0.1, 0.15) is 17.7 Å². The van der Waals surface area contributed by atoms with Gasteiger partial charge in [0, 0.05) is 10.9 Å². The van der Waals surface area contributed by atoms with Crippen molar-refractivity contribution in [1.29, 1.82) is 0 Å². The van der Waals surface area contributed by atoms with Crippen molar-refractivity contribution >= 4 is 29.1 Å². The van der Waals surface area contributed by atoms with Crippen LogP contribution < -0.4 is 0 Å². The van der Waals surface area contributed by atoms with E-state index in [2.05, 4.69) is 4.98 Å². The molecule has 2 heterocycles. The fourth-order valence-electron chi connectivity index (χ4n) is 3.30. The van der Waals surface area contributed by atoms with Crippen LogP contribution in [0.5, 0.6) is 0 Å². The molecule has 3 aromatic rings. The molecule has 1 aliphatic rings.